The van der Waals surface area contributed by atoms with Crippen LogP contribution >= 0.6 is 23.2 Å². The van der Waals surface area contributed by atoms with Crippen molar-refractivity contribution >= 4 is 28.4 Å². The van der Waals surface area contributed by atoms with E-state index in [2.05, 4.69) is 4.98 Å². The number of carbonyl (C=O) groups excluding carboxylic acids is 1. The molecule has 1 rings (SSSR count). The lowest BCUT2D eigenvalue weighted by Crippen LogP contribution is -2.00. The third-order valence-electron chi connectivity index (χ3n) is 1.38. The molecule has 1 N–H and O–H groups in total. The number of aromatic nitrogens is 1. The van der Waals surface area contributed by atoms with E-state index in [4.69, 9.17) is 28.3 Å². The maximum Gasteiger partial charge on any atom is 0.280 e. The summed E-state index contributed by atoms with van der Waals surface area (Å²) in [4.78, 5) is 13.8. The van der Waals surface area contributed by atoms with E-state index in [9.17, 15) is 13.6 Å². The summed E-state index contributed by atoms with van der Waals surface area (Å²) in [5, 5.41) is 7.59. The molecule has 0 spiro atoms. The van der Waals surface area contributed by atoms with Crippen LogP contribution in [-0.4, -0.2) is 15.3 Å². The molecule has 0 unspecified atom stereocenters. The van der Waals surface area contributed by atoms with Gasteiger partial charge >= 0.3 is 0 Å². The van der Waals surface area contributed by atoms with Crippen molar-refractivity contribution in [3.63, 3.8) is 0 Å². The molecule has 0 saturated heterocycles. The average molecular weight is 242 g/mol. The molecule has 1 heterocycles. The topological polar surface area (TPSA) is 50.2 Å². The van der Waals surface area contributed by atoms with Crippen LogP contribution in [0.1, 0.15) is 22.6 Å². The largest absolute Gasteiger partial charge is 0.504 e. The summed E-state index contributed by atoms with van der Waals surface area (Å²) >= 11 is 10.4. The van der Waals surface area contributed by atoms with Crippen molar-refractivity contribution < 1.29 is 18.7 Å². The van der Waals surface area contributed by atoms with Crippen LogP contribution in [0, 0.1) is 0 Å². The molecule has 1 aromatic rings. The Bertz CT molecular complexity index is 384. The summed E-state index contributed by atoms with van der Waals surface area (Å²) in [5.74, 6) is -0.698. The van der Waals surface area contributed by atoms with Gasteiger partial charge in [-0.15, -0.1) is 0 Å². The molecular formula is C7H3Cl2F2NO2. The highest BCUT2D eigenvalue weighted by Crippen LogP contribution is 2.30. The van der Waals surface area contributed by atoms with Gasteiger partial charge in [-0.25, -0.2) is 13.8 Å². The van der Waals surface area contributed by atoms with Gasteiger partial charge in [-0.2, -0.15) is 0 Å². The van der Waals surface area contributed by atoms with Crippen molar-refractivity contribution in [3.8, 4) is 5.75 Å². The van der Waals surface area contributed by atoms with Gasteiger partial charge in [-0.1, -0.05) is 11.6 Å². The Balaban J connectivity index is 3.35. The predicted molar refractivity (Wildman–Crippen MR) is 46.1 cm³/mol. The first-order valence-electron chi connectivity index (χ1n) is 3.31. The average Bonchev–Trinajstić information content (AvgIpc) is 2.08. The van der Waals surface area contributed by atoms with E-state index in [1.165, 1.54) is 0 Å². The third kappa shape index (κ3) is 2.10. The number of halogens is 4. The highest BCUT2D eigenvalue weighted by atomic mass is 35.5. The minimum Gasteiger partial charge on any atom is -0.504 e. The number of hydrogen-bond donors (Lipinski definition) is 1. The molecule has 0 aliphatic heterocycles. The van der Waals surface area contributed by atoms with Crippen LogP contribution in [0.4, 0.5) is 8.78 Å². The number of alkyl halides is 2. The number of pyridine rings is 1. The first-order valence-corrected chi connectivity index (χ1v) is 4.06. The van der Waals surface area contributed by atoms with Crippen LogP contribution in [-0.2, 0) is 0 Å². The van der Waals surface area contributed by atoms with Crippen LogP contribution in [0.25, 0.3) is 0 Å². The van der Waals surface area contributed by atoms with Crippen molar-refractivity contribution in [1.82, 2.24) is 4.98 Å². The molecule has 0 aromatic carbocycles. The Labute approximate surface area is 87.3 Å². The zero-order valence-electron chi connectivity index (χ0n) is 6.47. The zero-order chi connectivity index (χ0) is 10.9. The molecule has 14 heavy (non-hydrogen) atoms. The third-order valence-corrected chi connectivity index (χ3v) is 1.84. The highest BCUT2D eigenvalue weighted by Gasteiger charge is 2.19. The van der Waals surface area contributed by atoms with E-state index in [-0.39, 0.29) is 5.02 Å². The van der Waals surface area contributed by atoms with Crippen molar-refractivity contribution in [2.24, 2.45) is 0 Å². The van der Waals surface area contributed by atoms with Gasteiger partial charge in [0.1, 0.15) is 5.69 Å². The smallest absolute Gasteiger partial charge is 0.280 e. The molecule has 3 nitrogen and oxygen atoms in total. The minimum atomic E-state index is -2.89. The molecule has 0 atom stereocenters. The van der Waals surface area contributed by atoms with E-state index >= 15 is 0 Å². The van der Waals surface area contributed by atoms with Gasteiger partial charge in [0.2, 0.25) is 0 Å². The maximum absolute atomic E-state index is 12.2. The van der Waals surface area contributed by atoms with Gasteiger partial charge in [0.05, 0.1) is 5.02 Å². The summed E-state index contributed by atoms with van der Waals surface area (Å²) in [6.45, 7) is 0. The van der Waals surface area contributed by atoms with Gasteiger partial charge in [0.15, 0.2) is 11.4 Å². The summed E-state index contributed by atoms with van der Waals surface area (Å²) in [6, 6.07) is 0.769. The maximum atomic E-state index is 12.2. The number of carbonyl (C=O) groups is 1. The van der Waals surface area contributed by atoms with Crippen molar-refractivity contribution in [2.45, 2.75) is 6.43 Å². The van der Waals surface area contributed by atoms with Crippen LogP contribution in [0.2, 0.25) is 5.02 Å². The number of nitrogens with zero attached hydrogens (tertiary/aromatic N) is 1. The fourth-order valence-electron chi connectivity index (χ4n) is 0.774. The van der Waals surface area contributed by atoms with Gasteiger partial charge in [-0.3, -0.25) is 4.79 Å². The van der Waals surface area contributed by atoms with Crippen LogP contribution in [0.3, 0.4) is 0 Å². The fraction of sp³-hybridized carbons (Fsp3) is 0.143. The quantitative estimate of drug-likeness (QED) is 0.811. The Kier molecular flexibility index (Phi) is 3.23. The normalized spacial score (nSPS) is 10.6. The second kappa shape index (κ2) is 4.06. The lowest BCUT2D eigenvalue weighted by Gasteiger charge is -2.04. The Hall–Kier alpha value is -0.940. The van der Waals surface area contributed by atoms with Crippen LogP contribution < -0.4 is 0 Å². The fourth-order valence-corrected chi connectivity index (χ4v) is 1.11. The van der Waals surface area contributed by atoms with Crippen LogP contribution in [0.5, 0.6) is 5.75 Å². The molecule has 7 heteroatoms. The minimum absolute atomic E-state index is 0.390. The number of rotatable bonds is 2. The second-order valence-corrected chi connectivity index (χ2v) is 3.05. The highest BCUT2D eigenvalue weighted by molar-refractivity contribution is 6.67. The van der Waals surface area contributed by atoms with E-state index in [1.54, 1.807) is 0 Å². The summed E-state index contributed by atoms with van der Waals surface area (Å²) in [5.41, 5.74) is -1.38. The Morgan fingerprint density at radius 2 is 2.14 bits per heavy atom. The molecule has 1 aromatic heterocycles. The van der Waals surface area contributed by atoms with Gasteiger partial charge in [0.25, 0.3) is 11.7 Å². The van der Waals surface area contributed by atoms with E-state index in [0.717, 1.165) is 6.07 Å². The number of aromatic hydroxyl groups is 1. The van der Waals surface area contributed by atoms with Gasteiger partial charge < -0.3 is 5.11 Å². The summed E-state index contributed by atoms with van der Waals surface area (Å²) in [6.07, 6.45) is -2.89. The molecular weight excluding hydrogens is 239 g/mol. The lowest BCUT2D eigenvalue weighted by molar-refractivity contribution is 0.107. The molecule has 76 valence electrons. The number of hydrogen-bond acceptors (Lipinski definition) is 3. The van der Waals surface area contributed by atoms with E-state index < -0.39 is 28.8 Å². The Morgan fingerprint density at radius 3 is 2.57 bits per heavy atom. The molecule has 0 bridgehead atoms. The molecule has 0 aliphatic rings. The zero-order valence-corrected chi connectivity index (χ0v) is 7.98. The van der Waals surface area contributed by atoms with E-state index in [1.807, 2.05) is 0 Å². The van der Waals surface area contributed by atoms with Crippen LogP contribution in [0.15, 0.2) is 6.07 Å². The molecule has 0 amide bonds. The molecule has 0 radical (unpaired) electrons. The lowest BCUT2D eigenvalue weighted by atomic mass is 10.3. The Morgan fingerprint density at radius 1 is 1.57 bits per heavy atom. The molecule has 0 fully saturated rings. The summed E-state index contributed by atoms with van der Waals surface area (Å²) < 4.78 is 24.3. The SMILES string of the molecule is O=C(Cl)c1nc(C(F)F)cc(Cl)c1O. The van der Waals surface area contributed by atoms with Crippen molar-refractivity contribution in [1.29, 1.82) is 0 Å². The molecule has 0 saturated carbocycles. The molecule has 0 aliphatic carbocycles. The summed E-state index contributed by atoms with van der Waals surface area (Å²) in [7, 11) is 0. The van der Waals surface area contributed by atoms with Crippen molar-refractivity contribution in [3.05, 3.63) is 22.5 Å². The monoisotopic (exact) mass is 241 g/mol. The first kappa shape index (κ1) is 11.1. The first-order chi connectivity index (χ1) is 6.43. The van der Waals surface area contributed by atoms with Gasteiger partial charge in [-0.05, 0) is 17.7 Å². The van der Waals surface area contributed by atoms with E-state index in [0.29, 0.717) is 0 Å². The van der Waals surface area contributed by atoms with Gasteiger partial charge in [0, 0.05) is 0 Å². The van der Waals surface area contributed by atoms with Crippen molar-refractivity contribution in [2.75, 3.05) is 0 Å². The predicted octanol–water partition coefficient (Wildman–Crippen LogP) is 2.76. The standard InChI is InChI=1S/C7H3Cl2F2NO2/c8-2-1-3(7(10)11)12-4(5(2)13)6(9)14/h1,7,13H. The second-order valence-electron chi connectivity index (χ2n) is 2.30.